The van der Waals surface area contributed by atoms with Gasteiger partial charge in [-0.3, -0.25) is 4.79 Å². The number of methoxy groups -OCH3 is 1. The lowest BCUT2D eigenvalue weighted by atomic mass is 9.94. The number of amides is 1. The highest BCUT2D eigenvalue weighted by Gasteiger charge is 2.29. The van der Waals surface area contributed by atoms with E-state index in [-0.39, 0.29) is 23.5 Å². The maximum atomic E-state index is 12.6. The fraction of sp³-hybridized carbons (Fsp3) is 0.444. The van der Waals surface area contributed by atoms with E-state index in [0.717, 1.165) is 25.7 Å². The number of ether oxygens (including phenoxy) is 1. The molecule has 3 rings (SSSR count). The third-order valence-electron chi connectivity index (χ3n) is 4.37. The Morgan fingerprint density at radius 3 is 2.54 bits per heavy atom. The molecular weight excluding hydrogens is 304 g/mol. The Labute approximate surface area is 140 Å². The van der Waals surface area contributed by atoms with Gasteiger partial charge < -0.3 is 10.1 Å². The van der Waals surface area contributed by atoms with E-state index in [0.29, 0.717) is 11.0 Å². The van der Waals surface area contributed by atoms with Gasteiger partial charge in [-0.25, -0.2) is 9.97 Å². The van der Waals surface area contributed by atoms with Crippen LogP contribution in [0.15, 0.2) is 24.3 Å². The fourth-order valence-corrected chi connectivity index (χ4v) is 3.11. The van der Waals surface area contributed by atoms with Crippen molar-refractivity contribution < 1.29 is 9.53 Å². The SMILES string of the molecule is COc1nc2ccccc2nc1[C@@H](C#N)C(=O)NC1CCCCC1. The van der Waals surface area contributed by atoms with Crippen molar-refractivity contribution in [2.75, 3.05) is 7.11 Å². The minimum absolute atomic E-state index is 0.140. The van der Waals surface area contributed by atoms with Gasteiger partial charge in [0, 0.05) is 6.04 Å². The smallest absolute Gasteiger partial charge is 0.243 e. The molecule has 0 bridgehead atoms. The monoisotopic (exact) mass is 324 g/mol. The van der Waals surface area contributed by atoms with Crippen molar-refractivity contribution in [3.8, 4) is 11.9 Å². The summed E-state index contributed by atoms with van der Waals surface area (Å²) in [5, 5.41) is 12.5. The van der Waals surface area contributed by atoms with Crippen LogP contribution in [0.1, 0.15) is 43.7 Å². The molecule has 24 heavy (non-hydrogen) atoms. The number of nitriles is 1. The van der Waals surface area contributed by atoms with Gasteiger partial charge in [0.2, 0.25) is 11.8 Å². The second-order valence-corrected chi connectivity index (χ2v) is 6.01. The highest BCUT2D eigenvalue weighted by Crippen LogP contribution is 2.26. The zero-order chi connectivity index (χ0) is 16.9. The van der Waals surface area contributed by atoms with E-state index >= 15 is 0 Å². The summed E-state index contributed by atoms with van der Waals surface area (Å²) in [5.41, 5.74) is 1.58. The summed E-state index contributed by atoms with van der Waals surface area (Å²) in [5.74, 6) is -1.13. The molecule has 1 aromatic heterocycles. The molecule has 1 heterocycles. The van der Waals surface area contributed by atoms with Crippen LogP contribution in [0, 0.1) is 11.3 Å². The third-order valence-corrected chi connectivity index (χ3v) is 4.37. The molecule has 1 atom stereocenters. The molecule has 0 aliphatic heterocycles. The third kappa shape index (κ3) is 3.30. The molecule has 6 heteroatoms. The topological polar surface area (TPSA) is 87.9 Å². The zero-order valence-electron chi connectivity index (χ0n) is 13.7. The van der Waals surface area contributed by atoms with E-state index in [2.05, 4.69) is 21.4 Å². The number of nitrogens with zero attached hydrogens (tertiary/aromatic N) is 3. The lowest BCUT2D eigenvalue weighted by molar-refractivity contribution is -0.122. The number of nitrogens with one attached hydrogen (secondary N) is 1. The van der Waals surface area contributed by atoms with Crippen LogP contribution in [0.25, 0.3) is 11.0 Å². The lowest BCUT2D eigenvalue weighted by Crippen LogP contribution is -2.39. The number of fused-ring (bicyclic) bond motifs is 1. The molecule has 1 aromatic carbocycles. The molecule has 2 aromatic rings. The van der Waals surface area contributed by atoms with Crippen molar-refractivity contribution in [1.29, 1.82) is 5.26 Å². The van der Waals surface area contributed by atoms with Crippen LogP contribution in [0.5, 0.6) is 5.88 Å². The van der Waals surface area contributed by atoms with E-state index in [1.165, 1.54) is 13.5 Å². The van der Waals surface area contributed by atoms with Crippen molar-refractivity contribution in [3.63, 3.8) is 0 Å². The number of carbonyl (C=O) groups excluding carboxylic acids is 1. The fourth-order valence-electron chi connectivity index (χ4n) is 3.11. The van der Waals surface area contributed by atoms with Crippen molar-refractivity contribution in [3.05, 3.63) is 30.0 Å². The average Bonchev–Trinajstić information content (AvgIpc) is 2.62. The Morgan fingerprint density at radius 1 is 1.25 bits per heavy atom. The van der Waals surface area contributed by atoms with Crippen molar-refractivity contribution in [2.45, 2.75) is 44.1 Å². The van der Waals surface area contributed by atoms with Gasteiger partial charge >= 0.3 is 0 Å². The minimum atomic E-state index is -1.03. The summed E-state index contributed by atoms with van der Waals surface area (Å²) in [4.78, 5) is 21.4. The molecule has 1 fully saturated rings. The van der Waals surface area contributed by atoms with Crippen LogP contribution in [-0.4, -0.2) is 29.0 Å². The second-order valence-electron chi connectivity index (χ2n) is 6.01. The van der Waals surface area contributed by atoms with Gasteiger partial charge in [-0.15, -0.1) is 0 Å². The summed E-state index contributed by atoms with van der Waals surface area (Å²) in [6.45, 7) is 0. The van der Waals surface area contributed by atoms with E-state index in [1.807, 2.05) is 18.2 Å². The number of hydrogen-bond acceptors (Lipinski definition) is 5. The van der Waals surface area contributed by atoms with Crippen molar-refractivity contribution in [1.82, 2.24) is 15.3 Å². The van der Waals surface area contributed by atoms with Crippen LogP contribution in [-0.2, 0) is 4.79 Å². The molecule has 0 radical (unpaired) electrons. The van der Waals surface area contributed by atoms with Gasteiger partial charge in [-0.1, -0.05) is 31.4 Å². The first-order chi connectivity index (χ1) is 11.7. The van der Waals surface area contributed by atoms with Crippen molar-refractivity contribution in [2.24, 2.45) is 0 Å². The van der Waals surface area contributed by atoms with E-state index < -0.39 is 5.92 Å². The second kappa shape index (κ2) is 7.26. The van der Waals surface area contributed by atoms with Gasteiger partial charge in [0.15, 0.2) is 5.92 Å². The molecule has 1 amide bonds. The highest BCUT2D eigenvalue weighted by molar-refractivity contribution is 5.87. The maximum Gasteiger partial charge on any atom is 0.243 e. The van der Waals surface area contributed by atoms with E-state index in [9.17, 15) is 10.1 Å². The Hall–Kier alpha value is -2.68. The molecule has 6 nitrogen and oxygen atoms in total. The molecule has 0 spiro atoms. The summed E-state index contributed by atoms with van der Waals surface area (Å²) >= 11 is 0. The van der Waals surface area contributed by atoms with Gasteiger partial charge in [0.1, 0.15) is 5.69 Å². The standard InChI is InChI=1S/C18H20N4O2/c1-24-18-16(21-14-9-5-6-10-15(14)22-18)13(11-19)17(23)20-12-7-3-2-4-8-12/h5-6,9-10,12-13H,2-4,7-8H2,1H3,(H,20,23)/t13-/m1/s1. The number of hydrogen-bond donors (Lipinski definition) is 1. The first kappa shape index (κ1) is 16.2. The van der Waals surface area contributed by atoms with E-state index in [1.54, 1.807) is 6.07 Å². The Bertz CT molecular complexity index is 778. The molecule has 1 N–H and O–H groups in total. The minimum Gasteiger partial charge on any atom is -0.480 e. The van der Waals surface area contributed by atoms with Crippen LogP contribution in [0.2, 0.25) is 0 Å². The predicted octanol–water partition coefficient (Wildman–Crippen LogP) is 2.69. The molecule has 1 saturated carbocycles. The van der Waals surface area contributed by atoms with Crippen LogP contribution in [0.3, 0.4) is 0 Å². The zero-order valence-corrected chi connectivity index (χ0v) is 13.7. The largest absolute Gasteiger partial charge is 0.480 e. The normalized spacial score (nSPS) is 16.3. The number of aromatic nitrogens is 2. The number of carbonyl (C=O) groups is 1. The van der Waals surface area contributed by atoms with Gasteiger partial charge in [0.05, 0.1) is 24.2 Å². The van der Waals surface area contributed by atoms with Crippen LogP contribution >= 0.6 is 0 Å². The predicted molar refractivity (Wildman–Crippen MR) is 89.5 cm³/mol. The van der Waals surface area contributed by atoms with Gasteiger partial charge in [-0.05, 0) is 25.0 Å². The Morgan fingerprint density at radius 2 is 1.92 bits per heavy atom. The van der Waals surface area contributed by atoms with Gasteiger partial charge in [0.25, 0.3) is 0 Å². The first-order valence-electron chi connectivity index (χ1n) is 8.23. The molecule has 0 saturated heterocycles. The molecular formula is C18H20N4O2. The number of para-hydroxylation sites is 2. The maximum absolute atomic E-state index is 12.6. The Kier molecular flexibility index (Phi) is 4.90. The quantitative estimate of drug-likeness (QED) is 0.934. The van der Waals surface area contributed by atoms with Crippen molar-refractivity contribution >= 4 is 16.9 Å². The molecule has 124 valence electrons. The molecule has 1 aliphatic rings. The average molecular weight is 324 g/mol. The molecule has 0 unspecified atom stereocenters. The Balaban J connectivity index is 1.90. The highest BCUT2D eigenvalue weighted by atomic mass is 16.5. The summed E-state index contributed by atoms with van der Waals surface area (Å²) < 4.78 is 5.27. The van der Waals surface area contributed by atoms with Gasteiger partial charge in [-0.2, -0.15) is 5.26 Å². The van der Waals surface area contributed by atoms with Crippen LogP contribution in [0.4, 0.5) is 0 Å². The number of rotatable bonds is 4. The summed E-state index contributed by atoms with van der Waals surface area (Å²) in [7, 11) is 1.47. The lowest BCUT2D eigenvalue weighted by Gasteiger charge is -2.24. The number of benzene rings is 1. The first-order valence-corrected chi connectivity index (χ1v) is 8.23. The molecule has 1 aliphatic carbocycles. The summed E-state index contributed by atoms with van der Waals surface area (Å²) in [6.07, 6.45) is 5.36. The van der Waals surface area contributed by atoms with E-state index in [4.69, 9.17) is 4.74 Å². The van der Waals surface area contributed by atoms with Crippen LogP contribution < -0.4 is 10.1 Å². The summed E-state index contributed by atoms with van der Waals surface area (Å²) in [6, 6.07) is 9.51.